The van der Waals surface area contributed by atoms with Crippen molar-refractivity contribution in [2.45, 2.75) is 51.2 Å². The normalized spacial score (nSPS) is 22.0. The van der Waals surface area contributed by atoms with Crippen LogP contribution in [0.25, 0.3) is 0 Å². The number of rotatable bonds is 8. The van der Waals surface area contributed by atoms with Crippen LogP contribution in [0, 0.1) is 0 Å². The Balaban J connectivity index is 0.000000636. The second-order valence-corrected chi connectivity index (χ2v) is 7.11. The fraction of sp³-hybridized carbons (Fsp3) is 0.435. The fourth-order valence-electron chi connectivity index (χ4n) is 3.07. The first-order valence-corrected chi connectivity index (χ1v) is 10.1. The van der Waals surface area contributed by atoms with Crippen molar-refractivity contribution in [3.05, 3.63) is 66.7 Å². The Labute approximate surface area is 187 Å². The second kappa shape index (κ2) is 11.3. The molecular weight excluding hydrogens is 418 g/mol. The Bertz CT molecular complexity index is 899. The van der Waals surface area contributed by atoms with E-state index in [1.807, 2.05) is 6.92 Å². The molecule has 0 amide bonds. The van der Waals surface area contributed by atoms with Gasteiger partial charge in [0.2, 0.25) is 0 Å². The van der Waals surface area contributed by atoms with Crippen LogP contribution >= 0.6 is 0 Å². The molecule has 0 aromatic carbocycles. The van der Waals surface area contributed by atoms with Crippen molar-refractivity contribution in [3.63, 3.8) is 0 Å². The minimum atomic E-state index is -1.65. The smallest absolute Gasteiger partial charge is 0.311 e. The third-order valence-corrected chi connectivity index (χ3v) is 4.66. The number of furan rings is 1. The standard InChI is InChI=1S/C20H26O7.C3H3NO/c1-6-7-10-18(22)26-17-13-19(3,24-5)12-16(23-4)20(17,27-14(2)21)15-9-8-11-25-15;1-2-5-3-4-1/h8-9,11-13H,6-7,10H2,1-5H3;1-3H. The van der Waals surface area contributed by atoms with Crippen LogP contribution < -0.4 is 0 Å². The number of carbonyl (C=O) groups is 2. The minimum Gasteiger partial charge on any atom is -0.496 e. The molecule has 0 spiro atoms. The summed E-state index contributed by atoms with van der Waals surface area (Å²) in [6.45, 7) is 5.01. The third kappa shape index (κ3) is 5.88. The molecule has 2 aromatic heterocycles. The summed E-state index contributed by atoms with van der Waals surface area (Å²) in [5.41, 5.74) is -2.58. The van der Waals surface area contributed by atoms with Gasteiger partial charge in [0, 0.05) is 20.5 Å². The number of esters is 2. The Hall–Kier alpha value is -3.33. The molecule has 0 saturated heterocycles. The summed E-state index contributed by atoms with van der Waals surface area (Å²) >= 11 is 0. The lowest BCUT2D eigenvalue weighted by Crippen LogP contribution is -2.44. The van der Waals surface area contributed by atoms with Gasteiger partial charge in [-0.1, -0.05) is 13.3 Å². The van der Waals surface area contributed by atoms with Crippen molar-refractivity contribution in [3.8, 4) is 0 Å². The number of unbranched alkanes of at least 4 members (excludes halogenated alkanes) is 1. The van der Waals surface area contributed by atoms with Gasteiger partial charge in [0.1, 0.15) is 11.9 Å². The molecule has 0 fully saturated rings. The number of nitrogens with zero attached hydrogens (tertiary/aromatic N) is 1. The molecule has 9 nitrogen and oxygen atoms in total. The van der Waals surface area contributed by atoms with Gasteiger partial charge in [0.15, 0.2) is 23.7 Å². The molecule has 1 aliphatic rings. The van der Waals surface area contributed by atoms with Crippen molar-refractivity contribution < 1.29 is 37.4 Å². The van der Waals surface area contributed by atoms with E-state index >= 15 is 0 Å². The van der Waals surface area contributed by atoms with Crippen LogP contribution in [0.3, 0.4) is 0 Å². The van der Waals surface area contributed by atoms with Gasteiger partial charge in [-0.2, -0.15) is 0 Å². The van der Waals surface area contributed by atoms with Crippen molar-refractivity contribution in [2.75, 3.05) is 14.2 Å². The molecule has 2 aromatic rings. The molecule has 0 bridgehead atoms. The van der Waals surface area contributed by atoms with Crippen molar-refractivity contribution in [2.24, 2.45) is 0 Å². The highest BCUT2D eigenvalue weighted by Crippen LogP contribution is 2.47. The molecule has 2 atom stereocenters. The molecule has 174 valence electrons. The maximum Gasteiger partial charge on any atom is 0.311 e. The van der Waals surface area contributed by atoms with Crippen LogP contribution in [0.2, 0.25) is 0 Å². The Morgan fingerprint density at radius 2 is 1.91 bits per heavy atom. The van der Waals surface area contributed by atoms with Crippen LogP contribution in [0.15, 0.2) is 69.8 Å². The molecule has 3 rings (SSSR count). The first-order chi connectivity index (χ1) is 15.3. The SMILES string of the molecule is CCCCC(=O)OC1=CC(C)(OC)C=C(OC)C1(OC(C)=O)c1ccco1.c1cocn1. The summed E-state index contributed by atoms with van der Waals surface area (Å²) in [5, 5.41) is 0. The first-order valence-electron chi connectivity index (χ1n) is 10.1. The van der Waals surface area contributed by atoms with E-state index in [0.29, 0.717) is 6.42 Å². The van der Waals surface area contributed by atoms with Gasteiger partial charge in [0.05, 0.1) is 19.6 Å². The van der Waals surface area contributed by atoms with Gasteiger partial charge in [-0.05, 0) is 37.6 Å². The third-order valence-electron chi connectivity index (χ3n) is 4.66. The molecule has 1 aliphatic carbocycles. The lowest BCUT2D eigenvalue weighted by Gasteiger charge is -2.39. The van der Waals surface area contributed by atoms with Gasteiger partial charge in [-0.25, -0.2) is 4.98 Å². The quantitative estimate of drug-likeness (QED) is 0.548. The average molecular weight is 447 g/mol. The summed E-state index contributed by atoms with van der Waals surface area (Å²) in [6, 6.07) is 3.27. The van der Waals surface area contributed by atoms with Crippen LogP contribution in [0.5, 0.6) is 0 Å². The Morgan fingerprint density at radius 3 is 2.38 bits per heavy atom. The second-order valence-electron chi connectivity index (χ2n) is 7.11. The molecule has 0 N–H and O–H groups in total. The number of ether oxygens (including phenoxy) is 4. The minimum absolute atomic E-state index is 0.0671. The predicted molar refractivity (Wildman–Crippen MR) is 113 cm³/mol. The van der Waals surface area contributed by atoms with Crippen molar-refractivity contribution in [1.29, 1.82) is 0 Å². The highest BCUT2D eigenvalue weighted by atomic mass is 16.6. The Kier molecular flexibility index (Phi) is 8.83. The number of methoxy groups -OCH3 is 2. The summed E-state index contributed by atoms with van der Waals surface area (Å²) in [6.07, 6.45) is 10.9. The van der Waals surface area contributed by atoms with E-state index in [9.17, 15) is 9.59 Å². The van der Waals surface area contributed by atoms with Crippen LogP contribution in [-0.4, -0.2) is 36.7 Å². The maximum absolute atomic E-state index is 12.4. The fourth-order valence-corrected chi connectivity index (χ4v) is 3.07. The van der Waals surface area contributed by atoms with Crippen molar-refractivity contribution >= 4 is 11.9 Å². The van der Waals surface area contributed by atoms with Crippen molar-refractivity contribution in [1.82, 2.24) is 4.98 Å². The number of hydrogen-bond donors (Lipinski definition) is 0. The molecule has 2 unspecified atom stereocenters. The summed E-state index contributed by atoms with van der Waals surface area (Å²) in [7, 11) is 2.95. The largest absolute Gasteiger partial charge is 0.496 e. The zero-order valence-corrected chi connectivity index (χ0v) is 19.0. The number of hydrogen-bond acceptors (Lipinski definition) is 9. The van der Waals surface area contributed by atoms with Gasteiger partial charge >= 0.3 is 11.9 Å². The van der Waals surface area contributed by atoms with E-state index in [1.54, 1.807) is 37.4 Å². The van der Waals surface area contributed by atoms with Gasteiger partial charge in [-0.3, -0.25) is 9.59 Å². The predicted octanol–water partition coefficient (Wildman–Crippen LogP) is 4.28. The van der Waals surface area contributed by atoms with E-state index in [4.69, 9.17) is 23.4 Å². The zero-order valence-electron chi connectivity index (χ0n) is 19.0. The first kappa shape index (κ1) is 24.9. The highest BCUT2D eigenvalue weighted by Gasteiger charge is 2.54. The molecule has 9 heteroatoms. The Morgan fingerprint density at radius 1 is 1.16 bits per heavy atom. The lowest BCUT2D eigenvalue weighted by molar-refractivity contribution is -0.166. The van der Waals surface area contributed by atoms with Crippen LogP contribution in [-0.2, 0) is 34.1 Å². The van der Waals surface area contributed by atoms with Crippen LogP contribution in [0.1, 0.15) is 45.8 Å². The van der Waals surface area contributed by atoms with Gasteiger partial charge in [0.25, 0.3) is 5.60 Å². The van der Waals surface area contributed by atoms with Crippen LogP contribution in [0.4, 0.5) is 0 Å². The number of oxazole rings is 1. The van der Waals surface area contributed by atoms with E-state index in [0.717, 1.165) is 6.42 Å². The zero-order chi connectivity index (χ0) is 23.6. The molecule has 0 saturated carbocycles. The molecule has 2 heterocycles. The number of aromatic nitrogens is 1. The highest BCUT2D eigenvalue weighted by molar-refractivity contribution is 5.72. The van der Waals surface area contributed by atoms with E-state index in [1.165, 1.54) is 40.1 Å². The summed E-state index contributed by atoms with van der Waals surface area (Å²) in [4.78, 5) is 27.9. The van der Waals surface area contributed by atoms with Gasteiger partial charge in [-0.15, -0.1) is 0 Å². The monoisotopic (exact) mass is 447 g/mol. The summed E-state index contributed by atoms with van der Waals surface area (Å²) < 4.78 is 32.4. The maximum atomic E-state index is 12.4. The van der Waals surface area contributed by atoms with E-state index in [2.05, 4.69) is 9.40 Å². The molecule has 32 heavy (non-hydrogen) atoms. The molecular formula is C23H29NO8. The number of carbonyl (C=O) groups excluding carboxylic acids is 2. The van der Waals surface area contributed by atoms with E-state index in [-0.39, 0.29) is 23.7 Å². The topological polar surface area (TPSA) is 110 Å². The lowest BCUT2D eigenvalue weighted by atomic mass is 9.84. The molecule has 0 aliphatic heterocycles. The molecule has 0 radical (unpaired) electrons. The summed E-state index contributed by atoms with van der Waals surface area (Å²) in [5.74, 6) is -0.499. The average Bonchev–Trinajstić information content (AvgIpc) is 3.50. The van der Waals surface area contributed by atoms with E-state index < -0.39 is 23.1 Å². The van der Waals surface area contributed by atoms with Gasteiger partial charge < -0.3 is 27.8 Å².